The summed E-state index contributed by atoms with van der Waals surface area (Å²) >= 11 is 5.16. The third kappa shape index (κ3) is 10.4. The Bertz CT molecular complexity index is 1380. The van der Waals surface area contributed by atoms with Crippen molar-refractivity contribution in [3.8, 4) is 0 Å². The Morgan fingerprint density at radius 3 is 2.26 bits per heavy atom. The molecule has 3 N–H and O–H groups in total. The van der Waals surface area contributed by atoms with Gasteiger partial charge in [0.1, 0.15) is 0 Å². The van der Waals surface area contributed by atoms with Gasteiger partial charge in [-0.1, -0.05) is 30.3 Å². The highest BCUT2D eigenvalue weighted by Gasteiger charge is 2.16. The van der Waals surface area contributed by atoms with Crippen LogP contribution >= 0.6 is 12.2 Å². The minimum absolute atomic E-state index is 0.00471. The molecule has 0 fully saturated rings. The van der Waals surface area contributed by atoms with Crippen molar-refractivity contribution in [1.29, 1.82) is 0 Å². The monoisotopic (exact) mass is 569 g/mol. The Hall–Kier alpha value is -3.90. The van der Waals surface area contributed by atoms with E-state index in [0.717, 1.165) is 12.8 Å². The van der Waals surface area contributed by atoms with E-state index in [1.165, 1.54) is 29.8 Å². The number of esters is 1. The lowest BCUT2D eigenvalue weighted by Crippen LogP contribution is -2.34. The zero-order valence-corrected chi connectivity index (χ0v) is 23.4. The van der Waals surface area contributed by atoms with Gasteiger partial charge in [0.15, 0.2) is 5.11 Å². The van der Waals surface area contributed by atoms with Crippen LogP contribution in [0.4, 0.5) is 11.6 Å². The fraction of sp³-hybridized carbons (Fsp3) is 0.296. The molecule has 3 rings (SSSR count). The predicted molar refractivity (Wildman–Crippen MR) is 153 cm³/mol. The van der Waals surface area contributed by atoms with Crippen LogP contribution in [0.3, 0.4) is 0 Å². The van der Waals surface area contributed by atoms with Crippen LogP contribution in [0, 0.1) is 13.8 Å². The number of nitrogens with one attached hydrogen (secondary N) is 3. The second kappa shape index (κ2) is 14.3. The maximum Gasteiger partial charge on any atom is 0.305 e. The Kier molecular flexibility index (Phi) is 10.9. The number of thiocarbonyl (C=S) groups is 1. The number of aromatic nitrogens is 2. The molecule has 0 spiro atoms. The van der Waals surface area contributed by atoms with Gasteiger partial charge in [-0.15, -0.1) is 0 Å². The molecule has 0 bridgehead atoms. The molecule has 0 aliphatic heterocycles. The number of carbonyl (C=O) groups is 2. The molecule has 3 aromatic rings. The van der Waals surface area contributed by atoms with Crippen molar-refractivity contribution in [2.75, 3.05) is 16.6 Å². The standard InChI is InChI=1S/C27H31N5O5S2/c1-19-18-20(2)29-26(28-19)32-39(35,36)23-15-13-22(14-16-23)30-27(38)31-24(33)11-6-12-25(34)37-17-7-10-21-8-4-3-5-9-21/h3-5,8-9,13-16,18H,6-7,10-12,17H2,1-2H3,(H,28,29,32)(H2,30,31,33,38). The van der Waals surface area contributed by atoms with E-state index in [1.54, 1.807) is 19.9 Å². The first-order chi connectivity index (χ1) is 18.6. The summed E-state index contributed by atoms with van der Waals surface area (Å²) in [4.78, 5) is 32.2. The summed E-state index contributed by atoms with van der Waals surface area (Å²) in [5.74, 6) is -0.693. The fourth-order valence-corrected chi connectivity index (χ4v) is 4.77. The smallest absolute Gasteiger partial charge is 0.305 e. The van der Waals surface area contributed by atoms with Crippen LogP contribution in [0.15, 0.2) is 65.6 Å². The lowest BCUT2D eigenvalue weighted by Gasteiger charge is -2.11. The van der Waals surface area contributed by atoms with Crippen molar-refractivity contribution in [2.45, 2.75) is 50.8 Å². The van der Waals surface area contributed by atoms with E-state index in [-0.39, 0.29) is 40.7 Å². The van der Waals surface area contributed by atoms with Gasteiger partial charge in [0.05, 0.1) is 11.5 Å². The number of ether oxygens (including phenoxy) is 1. The SMILES string of the molecule is Cc1cc(C)nc(NS(=O)(=O)c2ccc(NC(=S)NC(=O)CCCC(=O)OCCCc3ccccc3)cc2)n1. The van der Waals surface area contributed by atoms with Gasteiger partial charge in [-0.2, -0.15) is 0 Å². The molecular weight excluding hydrogens is 538 g/mol. The molecule has 2 aromatic carbocycles. The second-order valence-corrected chi connectivity index (χ2v) is 10.9. The van der Waals surface area contributed by atoms with Crippen molar-refractivity contribution in [1.82, 2.24) is 15.3 Å². The molecule has 10 nitrogen and oxygen atoms in total. The topological polar surface area (TPSA) is 139 Å². The Labute approximate surface area is 233 Å². The molecule has 0 saturated heterocycles. The summed E-state index contributed by atoms with van der Waals surface area (Å²) in [5, 5.41) is 5.43. The van der Waals surface area contributed by atoms with Crippen LogP contribution in [0.5, 0.6) is 0 Å². The molecule has 0 saturated carbocycles. The van der Waals surface area contributed by atoms with Gasteiger partial charge >= 0.3 is 5.97 Å². The number of sulfonamides is 1. The minimum atomic E-state index is -3.89. The van der Waals surface area contributed by atoms with Crippen molar-refractivity contribution < 1.29 is 22.7 Å². The van der Waals surface area contributed by atoms with E-state index in [9.17, 15) is 18.0 Å². The average Bonchev–Trinajstić information content (AvgIpc) is 2.86. The molecule has 12 heteroatoms. The summed E-state index contributed by atoms with van der Waals surface area (Å²) < 4.78 is 32.9. The molecule has 0 aliphatic rings. The number of benzene rings is 2. The molecular formula is C27H31N5O5S2. The lowest BCUT2D eigenvalue weighted by molar-refractivity contribution is -0.143. The van der Waals surface area contributed by atoms with E-state index >= 15 is 0 Å². The van der Waals surface area contributed by atoms with Crippen LogP contribution < -0.4 is 15.4 Å². The Balaban J connectivity index is 1.36. The van der Waals surface area contributed by atoms with Gasteiger partial charge in [0.2, 0.25) is 11.9 Å². The van der Waals surface area contributed by atoms with Gasteiger partial charge in [-0.3, -0.25) is 9.59 Å². The maximum absolute atomic E-state index is 12.7. The Morgan fingerprint density at radius 2 is 1.59 bits per heavy atom. The van der Waals surface area contributed by atoms with E-state index < -0.39 is 10.0 Å². The predicted octanol–water partition coefficient (Wildman–Crippen LogP) is 4.05. The van der Waals surface area contributed by atoms with Crippen LogP contribution in [0.25, 0.3) is 0 Å². The van der Waals surface area contributed by atoms with Crippen LogP contribution in [-0.4, -0.2) is 42.0 Å². The molecule has 206 valence electrons. The zero-order chi connectivity index (χ0) is 28.3. The summed E-state index contributed by atoms with van der Waals surface area (Å²) in [6, 6.07) is 17.5. The molecule has 1 heterocycles. The number of aryl methyl sites for hydroxylation is 3. The van der Waals surface area contributed by atoms with E-state index in [2.05, 4.69) is 25.3 Å². The summed E-state index contributed by atoms with van der Waals surface area (Å²) in [6.45, 7) is 3.83. The first-order valence-electron chi connectivity index (χ1n) is 12.4. The van der Waals surface area contributed by atoms with Crippen molar-refractivity contribution in [3.63, 3.8) is 0 Å². The third-order valence-electron chi connectivity index (χ3n) is 5.38. The quantitative estimate of drug-likeness (QED) is 0.167. The van der Waals surface area contributed by atoms with Gasteiger partial charge < -0.3 is 15.4 Å². The highest BCUT2D eigenvalue weighted by atomic mass is 32.2. The molecule has 0 atom stereocenters. The fourth-order valence-electron chi connectivity index (χ4n) is 3.59. The molecule has 1 amide bonds. The summed E-state index contributed by atoms with van der Waals surface area (Å²) in [6.07, 6.45) is 2.13. The minimum Gasteiger partial charge on any atom is -0.466 e. The first-order valence-corrected chi connectivity index (χ1v) is 14.3. The molecule has 0 radical (unpaired) electrons. The number of anilines is 2. The molecule has 0 unspecified atom stereocenters. The van der Waals surface area contributed by atoms with Crippen LogP contribution in [-0.2, 0) is 30.8 Å². The van der Waals surface area contributed by atoms with E-state index in [0.29, 0.717) is 30.1 Å². The number of carbonyl (C=O) groups excluding carboxylic acids is 2. The highest BCUT2D eigenvalue weighted by molar-refractivity contribution is 7.92. The van der Waals surface area contributed by atoms with E-state index in [4.69, 9.17) is 17.0 Å². The van der Waals surface area contributed by atoms with Crippen molar-refractivity contribution in [3.05, 3.63) is 77.6 Å². The highest BCUT2D eigenvalue weighted by Crippen LogP contribution is 2.17. The van der Waals surface area contributed by atoms with E-state index in [1.807, 2.05) is 30.3 Å². The number of nitrogens with zero attached hydrogens (tertiary/aromatic N) is 2. The van der Waals surface area contributed by atoms with Gasteiger partial charge in [-0.05, 0) is 81.2 Å². The zero-order valence-electron chi connectivity index (χ0n) is 21.8. The molecule has 1 aromatic heterocycles. The number of hydrogen-bond acceptors (Lipinski definition) is 8. The number of amides is 1. The van der Waals surface area contributed by atoms with Gasteiger partial charge in [0, 0.05) is 29.9 Å². The normalized spacial score (nSPS) is 10.9. The van der Waals surface area contributed by atoms with Gasteiger partial charge in [-0.25, -0.2) is 23.1 Å². The molecule has 0 aliphatic carbocycles. The summed E-state index contributed by atoms with van der Waals surface area (Å²) in [7, 11) is -3.89. The number of hydrogen-bond donors (Lipinski definition) is 3. The van der Waals surface area contributed by atoms with Crippen molar-refractivity contribution in [2.24, 2.45) is 0 Å². The third-order valence-corrected chi connectivity index (χ3v) is 6.93. The van der Waals surface area contributed by atoms with Crippen LogP contribution in [0.2, 0.25) is 0 Å². The molecule has 39 heavy (non-hydrogen) atoms. The largest absolute Gasteiger partial charge is 0.466 e. The Morgan fingerprint density at radius 1 is 0.923 bits per heavy atom. The lowest BCUT2D eigenvalue weighted by atomic mass is 10.1. The second-order valence-electron chi connectivity index (χ2n) is 8.77. The van der Waals surface area contributed by atoms with Crippen molar-refractivity contribution >= 4 is 50.9 Å². The maximum atomic E-state index is 12.7. The van der Waals surface area contributed by atoms with Crippen LogP contribution in [0.1, 0.15) is 42.6 Å². The summed E-state index contributed by atoms with van der Waals surface area (Å²) in [5.41, 5.74) is 2.96. The average molecular weight is 570 g/mol. The number of rotatable bonds is 12. The van der Waals surface area contributed by atoms with Gasteiger partial charge in [0.25, 0.3) is 10.0 Å². The first kappa shape index (κ1) is 29.7.